The zero-order chi connectivity index (χ0) is 21.2. The molecule has 3 aromatic heterocycles. The molecule has 9 heteroatoms. The zero-order valence-corrected chi connectivity index (χ0v) is 18.0. The number of fused-ring (bicyclic) bond motifs is 1. The van der Waals surface area contributed by atoms with Gasteiger partial charge in [-0.2, -0.15) is 0 Å². The van der Waals surface area contributed by atoms with Crippen molar-refractivity contribution < 1.29 is 4.79 Å². The molecule has 0 unspecified atom stereocenters. The Bertz CT molecular complexity index is 1110. The largest absolute Gasteiger partial charge is 0.327 e. The van der Waals surface area contributed by atoms with Crippen molar-refractivity contribution >= 4 is 17.2 Å². The fraction of sp³-hybridized carbons (Fsp3) is 0.409. The van der Waals surface area contributed by atoms with E-state index >= 15 is 0 Å². The molecule has 1 amide bonds. The predicted molar refractivity (Wildman–Crippen MR) is 117 cm³/mol. The lowest BCUT2D eigenvalue weighted by molar-refractivity contribution is 0.0592. The summed E-state index contributed by atoms with van der Waals surface area (Å²) >= 11 is 1.73. The van der Waals surface area contributed by atoms with Crippen LogP contribution in [-0.2, 0) is 19.5 Å². The molecule has 3 aromatic rings. The maximum absolute atomic E-state index is 13.0. The highest BCUT2D eigenvalue weighted by atomic mass is 32.1. The summed E-state index contributed by atoms with van der Waals surface area (Å²) in [6.07, 6.45) is 7.99. The third kappa shape index (κ3) is 4.15. The van der Waals surface area contributed by atoms with Gasteiger partial charge < -0.3 is 9.88 Å². The number of carbonyl (C=O) groups is 1. The molecule has 0 saturated carbocycles. The molecule has 1 fully saturated rings. The number of thiophene rings is 1. The van der Waals surface area contributed by atoms with Crippen molar-refractivity contribution in [2.75, 3.05) is 13.1 Å². The average molecular weight is 437 g/mol. The molecule has 8 nitrogen and oxygen atoms in total. The fourth-order valence-corrected chi connectivity index (χ4v) is 5.18. The lowest BCUT2D eigenvalue weighted by atomic mass is 9.99. The summed E-state index contributed by atoms with van der Waals surface area (Å²) in [7, 11) is 0. The van der Waals surface area contributed by atoms with Crippen LogP contribution in [0.4, 0.5) is 0 Å². The summed E-state index contributed by atoms with van der Waals surface area (Å²) in [6, 6.07) is 3.93. The molecule has 0 aromatic carbocycles. The molecule has 5 heterocycles. The minimum Gasteiger partial charge on any atom is -0.327 e. The lowest BCUT2D eigenvalue weighted by Crippen LogP contribution is -2.41. The van der Waals surface area contributed by atoms with Crippen LogP contribution in [0.2, 0.25) is 0 Å². The first kappa shape index (κ1) is 20.0. The minimum atomic E-state index is -0.245. The van der Waals surface area contributed by atoms with Gasteiger partial charge in [0.05, 0.1) is 23.5 Å². The van der Waals surface area contributed by atoms with Crippen LogP contribution < -0.4 is 5.56 Å². The third-order valence-electron chi connectivity index (χ3n) is 5.99. The highest BCUT2D eigenvalue weighted by molar-refractivity contribution is 7.09. The second kappa shape index (κ2) is 8.68. The monoisotopic (exact) mass is 436 g/mol. The molecular formula is C22H24N6O2S. The second-order valence-corrected chi connectivity index (χ2v) is 9.05. The normalized spacial score (nSPS) is 19.2. The molecule has 0 radical (unpaired) electrons. The van der Waals surface area contributed by atoms with Gasteiger partial charge in [0.25, 0.3) is 11.5 Å². The zero-order valence-electron chi connectivity index (χ0n) is 17.2. The van der Waals surface area contributed by atoms with E-state index < -0.39 is 0 Å². The Balaban J connectivity index is 1.39. The maximum Gasteiger partial charge on any atom is 0.274 e. The van der Waals surface area contributed by atoms with Gasteiger partial charge in [-0.25, -0.2) is 9.97 Å². The van der Waals surface area contributed by atoms with E-state index in [1.807, 2.05) is 0 Å². The van der Waals surface area contributed by atoms with E-state index in [1.165, 1.54) is 17.3 Å². The molecule has 1 N–H and O–H groups in total. The van der Waals surface area contributed by atoms with E-state index in [4.69, 9.17) is 4.98 Å². The summed E-state index contributed by atoms with van der Waals surface area (Å²) in [6.45, 7) is 2.94. The predicted octanol–water partition coefficient (Wildman–Crippen LogP) is 2.55. The van der Waals surface area contributed by atoms with Gasteiger partial charge in [0.2, 0.25) is 0 Å². The number of likely N-dealkylation sites (tertiary alicyclic amines) is 1. The summed E-state index contributed by atoms with van der Waals surface area (Å²) < 4.78 is 0. The van der Waals surface area contributed by atoms with E-state index in [2.05, 4.69) is 37.4 Å². The van der Waals surface area contributed by atoms with Gasteiger partial charge in [-0.05, 0) is 30.7 Å². The maximum atomic E-state index is 13.0. The molecule has 31 heavy (non-hydrogen) atoms. The molecule has 5 rings (SSSR count). The highest BCUT2D eigenvalue weighted by Gasteiger charge is 2.32. The second-order valence-electron chi connectivity index (χ2n) is 8.02. The van der Waals surface area contributed by atoms with E-state index in [0.29, 0.717) is 24.6 Å². The lowest BCUT2D eigenvalue weighted by Gasteiger charge is -2.35. The van der Waals surface area contributed by atoms with Crippen molar-refractivity contribution in [3.8, 4) is 0 Å². The topological polar surface area (TPSA) is 95.1 Å². The number of aromatic nitrogens is 4. The number of nitrogens with zero attached hydrogens (tertiary/aromatic N) is 5. The number of H-pyrrole nitrogens is 1. The number of amides is 1. The average Bonchev–Trinajstić information content (AvgIpc) is 3.32. The van der Waals surface area contributed by atoms with Gasteiger partial charge in [0.15, 0.2) is 0 Å². The van der Waals surface area contributed by atoms with Crippen molar-refractivity contribution in [3.63, 3.8) is 0 Å². The van der Waals surface area contributed by atoms with Gasteiger partial charge in [-0.15, -0.1) is 11.3 Å². The Morgan fingerprint density at radius 1 is 1.26 bits per heavy atom. The van der Waals surface area contributed by atoms with Gasteiger partial charge in [0, 0.05) is 49.9 Å². The molecule has 0 bridgehead atoms. The number of nitrogens with one attached hydrogen (secondary N) is 1. The number of rotatable bonds is 4. The molecule has 0 spiro atoms. The Morgan fingerprint density at radius 2 is 2.19 bits per heavy atom. The Morgan fingerprint density at radius 3 is 3.00 bits per heavy atom. The number of hydrogen-bond acceptors (Lipinski definition) is 7. The first-order valence-corrected chi connectivity index (χ1v) is 11.5. The molecular weight excluding hydrogens is 412 g/mol. The summed E-state index contributed by atoms with van der Waals surface area (Å²) in [5, 5.41) is 2.08. The van der Waals surface area contributed by atoms with E-state index in [9.17, 15) is 9.59 Å². The Hall–Kier alpha value is -2.91. The van der Waals surface area contributed by atoms with Crippen LogP contribution in [0.25, 0.3) is 0 Å². The quantitative estimate of drug-likeness (QED) is 0.675. The Kier molecular flexibility index (Phi) is 5.61. The van der Waals surface area contributed by atoms with Crippen LogP contribution in [0.5, 0.6) is 0 Å². The van der Waals surface area contributed by atoms with Crippen molar-refractivity contribution in [1.29, 1.82) is 0 Å². The molecule has 2 aliphatic rings. The van der Waals surface area contributed by atoms with Crippen LogP contribution in [0.3, 0.4) is 0 Å². The number of piperidine rings is 1. The summed E-state index contributed by atoms with van der Waals surface area (Å²) in [4.78, 5) is 47.4. The van der Waals surface area contributed by atoms with Crippen LogP contribution in [0, 0.1) is 0 Å². The first-order chi connectivity index (χ1) is 15.2. The SMILES string of the molecule is O=C(c1cnccn1)N1CCCC[C@H]1c1nc2c(c(=O)[nH]1)CN(Cc1cccs1)CC2. The minimum absolute atomic E-state index is 0.0895. The van der Waals surface area contributed by atoms with Gasteiger partial charge >= 0.3 is 0 Å². The smallest absolute Gasteiger partial charge is 0.274 e. The number of hydrogen-bond donors (Lipinski definition) is 1. The van der Waals surface area contributed by atoms with Gasteiger partial charge in [0.1, 0.15) is 11.5 Å². The number of aromatic amines is 1. The van der Waals surface area contributed by atoms with E-state index in [0.717, 1.165) is 50.0 Å². The third-order valence-corrected chi connectivity index (χ3v) is 6.85. The molecule has 1 atom stereocenters. The van der Waals surface area contributed by atoms with Crippen molar-refractivity contribution in [1.82, 2.24) is 29.7 Å². The van der Waals surface area contributed by atoms with Crippen LogP contribution >= 0.6 is 11.3 Å². The Labute approximate surface area is 184 Å². The summed E-state index contributed by atoms with van der Waals surface area (Å²) in [5.74, 6) is 0.424. The van der Waals surface area contributed by atoms with E-state index in [1.54, 1.807) is 22.4 Å². The van der Waals surface area contributed by atoms with Crippen molar-refractivity contribution in [2.45, 2.75) is 44.8 Å². The van der Waals surface area contributed by atoms with Crippen molar-refractivity contribution in [3.05, 3.63) is 74.1 Å². The number of carbonyl (C=O) groups excluding carboxylic acids is 1. The fourth-order valence-electron chi connectivity index (χ4n) is 4.43. The molecule has 2 aliphatic heterocycles. The molecule has 160 valence electrons. The van der Waals surface area contributed by atoms with Crippen LogP contribution in [-0.4, -0.2) is 48.7 Å². The van der Waals surface area contributed by atoms with Crippen LogP contribution in [0.1, 0.15) is 57.8 Å². The van der Waals surface area contributed by atoms with E-state index in [-0.39, 0.29) is 17.5 Å². The van der Waals surface area contributed by atoms with Gasteiger partial charge in [-0.3, -0.25) is 19.5 Å². The van der Waals surface area contributed by atoms with Crippen molar-refractivity contribution in [2.24, 2.45) is 0 Å². The summed E-state index contributed by atoms with van der Waals surface area (Å²) in [5.41, 5.74) is 1.83. The van der Waals surface area contributed by atoms with Crippen LogP contribution in [0.15, 0.2) is 40.9 Å². The first-order valence-electron chi connectivity index (χ1n) is 10.6. The molecule has 1 saturated heterocycles. The standard InChI is InChI=1S/C22H24N6O2S/c29-21-16-14-27(13-15-4-3-11-31-15)10-6-17(16)25-20(26-21)19-5-1-2-9-28(19)22(30)18-12-23-7-8-24-18/h3-4,7-8,11-12,19H,1-2,5-6,9-10,13-14H2,(H,25,26,29)/t19-/m0/s1. The van der Waals surface area contributed by atoms with Gasteiger partial charge in [-0.1, -0.05) is 6.07 Å². The molecule has 0 aliphatic carbocycles. The highest BCUT2D eigenvalue weighted by Crippen LogP contribution is 2.30.